The average Bonchev–Trinajstić information content (AvgIpc) is 3.17. The van der Waals surface area contributed by atoms with E-state index < -0.39 is 0 Å². The highest BCUT2D eigenvalue weighted by molar-refractivity contribution is 5.98. The van der Waals surface area contributed by atoms with Crippen molar-refractivity contribution in [2.75, 3.05) is 13.2 Å². The lowest BCUT2D eigenvalue weighted by Gasteiger charge is -2.06. The number of rotatable bonds is 10. The fourth-order valence-corrected chi connectivity index (χ4v) is 3.29. The standard InChI is InChI=1S/C24H26N2O4/c1-17(27)25-14-4-5-18-8-10-19(11-9-18)23(28)16-30-24(29)13-12-20-15-26-22-7-3-2-6-21(20)22/h2-3,6-11,15,26H,4-5,12-14,16H2,1H3,(H,25,27). The number of hydrogen-bond donors (Lipinski definition) is 2. The number of esters is 1. The van der Waals surface area contributed by atoms with E-state index in [0.717, 1.165) is 34.9 Å². The van der Waals surface area contributed by atoms with E-state index in [1.165, 1.54) is 6.92 Å². The molecule has 6 heteroatoms. The lowest BCUT2D eigenvalue weighted by Crippen LogP contribution is -2.21. The molecule has 30 heavy (non-hydrogen) atoms. The van der Waals surface area contributed by atoms with E-state index >= 15 is 0 Å². The van der Waals surface area contributed by atoms with Crippen LogP contribution in [0, 0.1) is 0 Å². The maximum Gasteiger partial charge on any atom is 0.306 e. The summed E-state index contributed by atoms with van der Waals surface area (Å²) in [6.45, 7) is 1.87. The Morgan fingerprint density at radius 3 is 2.53 bits per heavy atom. The van der Waals surface area contributed by atoms with Crippen LogP contribution in [0.5, 0.6) is 0 Å². The van der Waals surface area contributed by atoms with Gasteiger partial charge in [-0.2, -0.15) is 0 Å². The molecule has 0 bridgehead atoms. The highest BCUT2D eigenvalue weighted by Crippen LogP contribution is 2.19. The molecule has 1 heterocycles. The zero-order valence-corrected chi connectivity index (χ0v) is 17.1. The van der Waals surface area contributed by atoms with E-state index in [1.54, 1.807) is 12.1 Å². The van der Waals surface area contributed by atoms with Crippen molar-refractivity contribution in [1.82, 2.24) is 10.3 Å². The molecular formula is C24H26N2O4. The molecule has 2 aromatic carbocycles. The van der Waals surface area contributed by atoms with Gasteiger partial charge in [0.15, 0.2) is 12.4 Å². The minimum atomic E-state index is -0.386. The zero-order valence-electron chi connectivity index (χ0n) is 17.1. The molecule has 0 saturated heterocycles. The van der Waals surface area contributed by atoms with Crippen LogP contribution in [-0.2, 0) is 27.2 Å². The van der Waals surface area contributed by atoms with Crippen molar-refractivity contribution in [2.45, 2.75) is 32.6 Å². The number of fused-ring (bicyclic) bond motifs is 1. The molecule has 0 fully saturated rings. The minimum absolute atomic E-state index is 0.0352. The van der Waals surface area contributed by atoms with Gasteiger partial charge >= 0.3 is 5.97 Å². The summed E-state index contributed by atoms with van der Waals surface area (Å²) in [6.07, 6.45) is 4.34. The van der Waals surface area contributed by atoms with Crippen molar-refractivity contribution in [2.24, 2.45) is 0 Å². The number of nitrogens with one attached hydrogen (secondary N) is 2. The first-order chi connectivity index (χ1) is 14.5. The minimum Gasteiger partial charge on any atom is -0.457 e. The smallest absolute Gasteiger partial charge is 0.306 e. The molecule has 6 nitrogen and oxygen atoms in total. The molecule has 0 spiro atoms. The molecule has 0 saturated carbocycles. The summed E-state index contributed by atoms with van der Waals surface area (Å²) in [5, 5.41) is 3.85. The molecule has 0 atom stereocenters. The molecule has 156 valence electrons. The normalized spacial score (nSPS) is 10.7. The van der Waals surface area contributed by atoms with Gasteiger partial charge in [-0.3, -0.25) is 14.4 Å². The van der Waals surface area contributed by atoms with E-state index in [0.29, 0.717) is 18.5 Å². The number of ketones is 1. The molecule has 0 aliphatic carbocycles. The van der Waals surface area contributed by atoms with Crippen molar-refractivity contribution in [3.05, 3.63) is 71.4 Å². The summed E-state index contributed by atoms with van der Waals surface area (Å²) in [5.41, 5.74) is 3.70. The monoisotopic (exact) mass is 406 g/mol. The largest absolute Gasteiger partial charge is 0.457 e. The predicted molar refractivity (Wildman–Crippen MR) is 115 cm³/mol. The number of aromatic amines is 1. The highest BCUT2D eigenvalue weighted by atomic mass is 16.5. The van der Waals surface area contributed by atoms with Crippen LogP contribution in [0.15, 0.2) is 54.7 Å². The number of para-hydroxylation sites is 1. The summed E-state index contributed by atoms with van der Waals surface area (Å²) in [7, 11) is 0. The van der Waals surface area contributed by atoms with E-state index in [1.807, 2.05) is 42.6 Å². The molecule has 0 radical (unpaired) electrons. The van der Waals surface area contributed by atoms with E-state index in [2.05, 4.69) is 10.3 Å². The van der Waals surface area contributed by atoms with Gasteiger partial charge in [0.25, 0.3) is 0 Å². The van der Waals surface area contributed by atoms with Crippen molar-refractivity contribution >= 4 is 28.6 Å². The number of Topliss-reactive ketones (excluding diaryl/α,β-unsaturated/α-hetero) is 1. The third kappa shape index (κ3) is 6.04. The van der Waals surface area contributed by atoms with Gasteiger partial charge in [-0.05, 0) is 36.5 Å². The quantitative estimate of drug-likeness (QED) is 0.306. The Hall–Kier alpha value is -3.41. The molecular weight excluding hydrogens is 380 g/mol. The lowest BCUT2D eigenvalue weighted by molar-refractivity contribution is -0.142. The molecule has 1 aromatic heterocycles. The van der Waals surface area contributed by atoms with Crippen LogP contribution in [0.25, 0.3) is 10.9 Å². The van der Waals surface area contributed by atoms with Crippen LogP contribution in [-0.4, -0.2) is 35.8 Å². The molecule has 0 unspecified atom stereocenters. The number of aromatic nitrogens is 1. The topological polar surface area (TPSA) is 88.3 Å². The number of amides is 1. The average molecular weight is 406 g/mol. The maximum atomic E-state index is 12.3. The van der Waals surface area contributed by atoms with Gasteiger partial charge in [0.05, 0.1) is 0 Å². The summed E-state index contributed by atoms with van der Waals surface area (Å²) < 4.78 is 5.16. The van der Waals surface area contributed by atoms with Crippen LogP contribution in [0.1, 0.15) is 41.3 Å². The van der Waals surface area contributed by atoms with Crippen LogP contribution >= 0.6 is 0 Å². The van der Waals surface area contributed by atoms with Gasteiger partial charge in [-0.1, -0.05) is 42.5 Å². The van der Waals surface area contributed by atoms with Crippen molar-refractivity contribution in [1.29, 1.82) is 0 Å². The number of aryl methyl sites for hydroxylation is 2. The van der Waals surface area contributed by atoms with E-state index in [-0.39, 0.29) is 30.7 Å². The number of carbonyl (C=O) groups is 3. The van der Waals surface area contributed by atoms with Crippen LogP contribution < -0.4 is 5.32 Å². The zero-order chi connectivity index (χ0) is 21.3. The number of ether oxygens (including phenoxy) is 1. The molecule has 1 amide bonds. The number of carbonyl (C=O) groups excluding carboxylic acids is 3. The Kier molecular flexibility index (Phi) is 7.38. The fraction of sp³-hybridized carbons (Fsp3) is 0.292. The Labute approximate surface area is 175 Å². The second-order valence-corrected chi connectivity index (χ2v) is 7.23. The summed E-state index contributed by atoms with van der Waals surface area (Å²) in [6, 6.07) is 15.2. The number of benzene rings is 2. The maximum absolute atomic E-state index is 12.3. The molecule has 0 aliphatic heterocycles. The van der Waals surface area contributed by atoms with Gasteiger partial charge in [-0.25, -0.2) is 0 Å². The fourth-order valence-electron chi connectivity index (χ4n) is 3.29. The SMILES string of the molecule is CC(=O)NCCCc1ccc(C(=O)COC(=O)CCc2c[nH]c3ccccc23)cc1. The Bertz CT molecular complexity index is 1020. The van der Waals surface area contributed by atoms with Crippen molar-refractivity contribution in [3.8, 4) is 0 Å². The molecule has 3 rings (SSSR count). The first-order valence-corrected chi connectivity index (χ1v) is 10.1. The second-order valence-electron chi connectivity index (χ2n) is 7.23. The van der Waals surface area contributed by atoms with E-state index in [4.69, 9.17) is 4.74 Å². The Morgan fingerprint density at radius 1 is 1.00 bits per heavy atom. The molecule has 2 N–H and O–H groups in total. The predicted octanol–water partition coefficient (Wildman–Crippen LogP) is 3.60. The summed E-state index contributed by atoms with van der Waals surface area (Å²) >= 11 is 0. The van der Waals surface area contributed by atoms with Crippen LogP contribution in [0.4, 0.5) is 0 Å². The second kappa shape index (κ2) is 10.4. The number of hydrogen-bond acceptors (Lipinski definition) is 4. The summed E-state index contributed by atoms with van der Waals surface area (Å²) in [5.74, 6) is -0.643. The van der Waals surface area contributed by atoms with Crippen LogP contribution in [0.3, 0.4) is 0 Å². The number of H-pyrrole nitrogens is 1. The van der Waals surface area contributed by atoms with Gasteiger partial charge in [-0.15, -0.1) is 0 Å². The highest BCUT2D eigenvalue weighted by Gasteiger charge is 2.11. The Balaban J connectivity index is 1.41. The van der Waals surface area contributed by atoms with Gasteiger partial charge < -0.3 is 15.0 Å². The van der Waals surface area contributed by atoms with Crippen LogP contribution in [0.2, 0.25) is 0 Å². The summed E-state index contributed by atoms with van der Waals surface area (Å²) in [4.78, 5) is 38.4. The van der Waals surface area contributed by atoms with Gasteiger partial charge in [0.1, 0.15) is 0 Å². The van der Waals surface area contributed by atoms with Gasteiger partial charge in [0, 0.05) is 42.6 Å². The first-order valence-electron chi connectivity index (χ1n) is 10.1. The molecule has 3 aromatic rings. The third-order valence-electron chi connectivity index (χ3n) is 4.93. The van der Waals surface area contributed by atoms with Crippen molar-refractivity contribution in [3.63, 3.8) is 0 Å². The van der Waals surface area contributed by atoms with Crippen molar-refractivity contribution < 1.29 is 19.1 Å². The van der Waals surface area contributed by atoms with Gasteiger partial charge in [0.2, 0.25) is 5.91 Å². The third-order valence-corrected chi connectivity index (χ3v) is 4.93. The lowest BCUT2D eigenvalue weighted by atomic mass is 10.1. The molecule has 0 aliphatic rings. The first kappa shape index (κ1) is 21.3. The Morgan fingerprint density at radius 2 is 1.77 bits per heavy atom. The van der Waals surface area contributed by atoms with E-state index in [9.17, 15) is 14.4 Å².